The lowest BCUT2D eigenvalue weighted by Crippen LogP contribution is -2.60. The van der Waals surface area contributed by atoms with Crippen LogP contribution in [-0.4, -0.2) is 86.5 Å². The van der Waals surface area contributed by atoms with Gasteiger partial charge in [0.1, 0.15) is 11.8 Å². The van der Waals surface area contributed by atoms with Gasteiger partial charge in [-0.05, 0) is 36.2 Å². The van der Waals surface area contributed by atoms with Crippen LogP contribution in [0.3, 0.4) is 0 Å². The van der Waals surface area contributed by atoms with Gasteiger partial charge in [-0.2, -0.15) is 0 Å². The minimum Gasteiger partial charge on any atom is -0.497 e. The summed E-state index contributed by atoms with van der Waals surface area (Å²) >= 11 is 0. The minimum absolute atomic E-state index is 0.0727. The number of amides is 3. The van der Waals surface area contributed by atoms with E-state index >= 15 is 0 Å². The van der Waals surface area contributed by atoms with E-state index in [1.54, 1.807) is 12.0 Å². The fourth-order valence-corrected chi connectivity index (χ4v) is 4.68. The lowest BCUT2D eigenvalue weighted by Gasteiger charge is -2.39. The van der Waals surface area contributed by atoms with Gasteiger partial charge in [-0.25, -0.2) is 0 Å². The first-order chi connectivity index (χ1) is 17.5. The zero-order valence-electron chi connectivity index (χ0n) is 21.0. The molecule has 2 aromatic carbocycles. The highest BCUT2D eigenvalue weighted by atomic mass is 16.5. The maximum Gasteiger partial charge on any atom is 0.243 e. The lowest BCUT2D eigenvalue weighted by molar-refractivity contribution is -0.145. The van der Waals surface area contributed by atoms with E-state index in [2.05, 4.69) is 33.4 Å². The lowest BCUT2D eigenvalue weighted by atomic mass is 10.1. The summed E-state index contributed by atoms with van der Waals surface area (Å²) in [6.45, 7) is 6.16. The molecular weight excluding hydrogens is 458 g/mol. The fourth-order valence-electron chi connectivity index (χ4n) is 4.68. The third kappa shape index (κ3) is 6.34. The molecule has 0 saturated carbocycles. The summed E-state index contributed by atoms with van der Waals surface area (Å²) in [7, 11) is 1.66. The Morgan fingerprint density at radius 1 is 1.06 bits per heavy atom. The van der Waals surface area contributed by atoms with Crippen LogP contribution in [0.4, 0.5) is 11.4 Å². The van der Waals surface area contributed by atoms with Gasteiger partial charge < -0.3 is 25.2 Å². The van der Waals surface area contributed by atoms with Crippen LogP contribution in [0.25, 0.3) is 0 Å². The number of anilines is 2. The molecule has 0 aromatic heterocycles. The van der Waals surface area contributed by atoms with Gasteiger partial charge in [0.05, 0.1) is 20.1 Å². The molecule has 9 heteroatoms. The zero-order valence-corrected chi connectivity index (χ0v) is 21.0. The van der Waals surface area contributed by atoms with Crippen LogP contribution < -0.4 is 20.3 Å². The van der Waals surface area contributed by atoms with E-state index < -0.39 is 6.04 Å². The van der Waals surface area contributed by atoms with E-state index in [-0.39, 0.29) is 30.7 Å². The standard InChI is InChI=1S/C27H35N5O4/c1-3-20-7-9-21(10-8-20)29-25(33)18-24-27(35)28-11-12-32(24)26(34)19-30-13-15-31(16-14-30)22-5-4-6-23(17-22)36-2/h4-10,17,24H,3,11-16,18-19H2,1-2H3,(H,28,35)(H,29,33). The topological polar surface area (TPSA) is 94.2 Å². The Morgan fingerprint density at radius 2 is 1.81 bits per heavy atom. The molecule has 2 aromatic rings. The third-order valence-electron chi connectivity index (χ3n) is 6.83. The largest absolute Gasteiger partial charge is 0.497 e. The van der Waals surface area contributed by atoms with Crippen LogP contribution >= 0.6 is 0 Å². The fraction of sp³-hybridized carbons (Fsp3) is 0.444. The van der Waals surface area contributed by atoms with Crippen LogP contribution in [0.1, 0.15) is 18.9 Å². The van der Waals surface area contributed by atoms with E-state index in [9.17, 15) is 14.4 Å². The van der Waals surface area contributed by atoms with Crippen molar-refractivity contribution in [2.45, 2.75) is 25.8 Å². The summed E-state index contributed by atoms with van der Waals surface area (Å²) < 4.78 is 5.33. The monoisotopic (exact) mass is 493 g/mol. The van der Waals surface area contributed by atoms with E-state index in [1.165, 1.54) is 5.56 Å². The quantitative estimate of drug-likeness (QED) is 0.582. The SMILES string of the molecule is CCc1ccc(NC(=O)CC2C(=O)NCCN2C(=O)CN2CCN(c3cccc(OC)c3)CC2)cc1. The van der Waals surface area contributed by atoms with E-state index in [0.29, 0.717) is 18.8 Å². The highest BCUT2D eigenvalue weighted by Gasteiger charge is 2.35. The predicted octanol–water partition coefficient (Wildman–Crippen LogP) is 1.74. The Labute approximate surface area is 212 Å². The first-order valence-corrected chi connectivity index (χ1v) is 12.5. The minimum atomic E-state index is -0.806. The zero-order chi connectivity index (χ0) is 25.5. The molecule has 4 rings (SSSR count). The molecule has 2 fully saturated rings. The van der Waals surface area contributed by atoms with Crippen molar-refractivity contribution in [3.05, 3.63) is 54.1 Å². The molecule has 0 bridgehead atoms. The van der Waals surface area contributed by atoms with Gasteiger partial charge in [0.15, 0.2) is 0 Å². The van der Waals surface area contributed by atoms with Crippen LogP contribution in [0, 0.1) is 0 Å². The Bertz CT molecular complexity index is 1070. The van der Waals surface area contributed by atoms with Crippen molar-refractivity contribution >= 4 is 29.1 Å². The summed E-state index contributed by atoms with van der Waals surface area (Å²) in [5.41, 5.74) is 2.96. The van der Waals surface area contributed by atoms with E-state index in [0.717, 1.165) is 44.0 Å². The van der Waals surface area contributed by atoms with Gasteiger partial charge in [0.2, 0.25) is 17.7 Å². The number of benzene rings is 2. The molecule has 2 N–H and O–H groups in total. The highest BCUT2D eigenvalue weighted by Crippen LogP contribution is 2.22. The number of piperazine rings is 2. The second-order valence-corrected chi connectivity index (χ2v) is 9.16. The molecule has 36 heavy (non-hydrogen) atoms. The normalized spacial score (nSPS) is 18.5. The van der Waals surface area contributed by atoms with E-state index in [4.69, 9.17) is 4.74 Å². The number of methoxy groups -OCH3 is 1. The molecule has 3 amide bonds. The maximum absolute atomic E-state index is 13.2. The van der Waals surface area contributed by atoms with Gasteiger partial charge >= 0.3 is 0 Å². The van der Waals surface area contributed by atoms with Crippen LogP contribution in [0.15, 0.2) is 48.5 Å². The molecule has 2 aliphatic rings. The summed E-state index contributed by atoms with van der Waals surface area (Å²) in [6.07, 6.45) is 0.848. The van der Waals surface area contributed by atoms with Gasteiger partial charge in [-0.3, -0.25) is 19.3 Å². The van der Waals surface area contributed by atoms with Gasteiger partial charge in [0.25, 0.3) is 0 Å². The Kier molecular flexibility index (Phi) is 8.43. The van der Waals surface area contributed by atoms with Crippen molar-refractivity contribution in [2.75, 3.05) is 63.1 Å². The van der Waals surface area contributed by atoms with Crippen molar-refractivity contribution in [1.82, 2.24) is 15.1 Å². The van der Waals surface area contributed by atoms with Crippen LogP contribution in [0.5, 0.6) is 5.75 Å². The number of aryl methyl sites for hydroxylation is 1. The number of carbonyl (C=O) groups excluding carboxylic acids is 3. The number of carbonyl (C=O) groups is 3. The van der Waals surface area contributed by atoms with Crippen molar-refractivity contribution in [1.29, 1.82) is 0 Å². The van der Waals surface area contributed by atoms with Gasteiger partial charge in [-0.1, -0.05) is 25.1 Å². The summed E-state index contributed by atoms with van der Waals surface area (Å²) in [4.78, 5) is 44.5. The second-order valence-electron chi connectivity index (χ2n) is 9.16. The number of hydrogen-bond donors (Lipinski definition) is 2. The summed E-state index contributed by atoms with van der Waals surface area (Å²) in [5, 5.41) is 5.64. The average Bonchev–Trinajstić information content (AvgIpc) is 2.90. The second kappa shape index (κ2) is 11.9. The van der Waals surface area contributed by atoms with Crippen molar-refractivity contribution in [3.63, 3.8) is 0 Å². The number of nitrogens with zero attached hydrogens (tertiary/aromatic N) is 3. The number of rotatable bonds is 8. The Morgan fingerprint density at radius 3 is 2.50 bits per heavy atom. The summed E-state index contributed by atoms with van der Waals surface area (Å²) in [5.74, 6) is 0.131. The molecule has 0 radical (unpaired) electrons. The van der Waals surface area contributed by atoms with Crippen LogP contribution in [0.2, 0.25) is 0 Å². The van der Waals surface area contributed by atoms with E-state index in [1.807, 2.05) is 42.5 Å². The molecule has 9 nitrogen and oxygen atoms in total. The average molecular weight is 494 g/mol. The molecular formula is C27H35N5O4. The maximum atomic E-state index is 13.2. The number of nitrogens with one attached hydrogen (secondary N) is 2. The molecule has 1 atom stereocenters. The third-order valence-corrected chi connectivity index (χ3v) is 6.83. The summed E-state index contributed by atoms with van der Waals surface area (Å²) in [6, 6.07) is 14.8. The molecule has 192 valence electrons. The molecule has 2 aliphatic heterocycles. The smallest absolute Gasteiger partial charge is 0.243 e. The van der Waals surface area contributed by atoms with Crippen molar-refractivity contribution in [2.24, 2.45) is 0 Å². The molecule has 2 saturated heterocycles. The first kappa shape index (κ1) is 25.5. The van der Waals surface area contributed by atoms with Gasteiger partial charge in [-0.15, -0.1) is 0 Å². The van der Waals surface area contributed by atoms with Crippen molar-refractivity contribution < 1.29 is 19.1 Å². The molecule has 1 unspecified atom stereocenters. The molecule has 0 aliphatic carbocycles. The highest BCUT2D eigenvalue weighted by molar-refractivity contribution is 5.97. The Hall–Kier alpha value is -3.59. The van der Waals surface area contributed by atoms with Crippen LogP contribution in [-0.2, 0) is 20.8 Å². The molecule has 0 spiro atoms. The Balaban J connectivity index is 1.31. The first-order valence-electron chi connectivity index (χ1n) is 12.5. The van der Waals surface area contributed by atoms with Crippen molar-refractivity contribution in [3.8, 4) is 5.75 Å². The van der Waals surface area contributed by atoms with Gasteiger partial charge in [0, 0.05) is 56.7 Å². The number of ether oxygens (including phenoxy) is 1. The number of hydrogen-bond acceptors (Lipinski definition) is 6. The predicted molar refractivity (Wildman–Crippen MR) is 139 cm³/mol. The molecule has 2 heterocycles.